The molecule has 1 amide bonds. The molecule has 2 aromatic carbocycles. The number of carbonyl (C=O) groups excluding carboxylic acids is 1. The monoisotopic (exact) mass is 454 g/mol. The lowest BCUT2D eigenvalue weighted by Crippen LogP contribution is -2.48. The van der Waals surface area contributed by atoms with E-state index < -0.39 is 0 Å². The summed E-state index contributed by atoms with van der Waals surface area (Å²) in [5.74, 6) is 0.958. The fourth-order valence-electron chi connectivity index (χ4n) is 3.69. The molecule has 2 heterocycles. The normalized spacial score (nSPS) is 14.8. The van der Waals surface area contributed by atoms with E-state index in [1.54, 1.807) is 23.1 Å². The highest BCUT2D eigenvalue weighted by molar-refractivity contribution is 7.99. The van der Waals surface area contributed by atoms with Crippen LogP contribution in [0.5, 0.6) is 0 Å². The number of benzene rings is 2. The maximum Gasteiger partial charge on any atom is 0.220 e. The van der Waals surface area contributed by atoms with Crippen LogP contribution in [0.4, 0.5) is 5.13 Å². The Morgan fingerprint density at radius 2 is 1.94 bits per heavy atom. The van der Waals surface area contributed by atoms with Crippen LogP contribution in [-0.4, -0.2) is 60.8 Å². The van der Waals surface area contributed by atoms with Crippen molar-refractivity contribution >= 4 is 44.4 Å². The van der Waals surface area contributed by atoms with Crippen molar-refractivity contribution in [2.45, 2.75) is 24.7 Å². The number of thiazole rings is 1. The summed E-state index contributed by atoms with van der Waals surface area (Å²) in [6.45, 7) is 7.81. The number of piperazine rings is 1. The van der Waals surface area contributed by atoms with Gasteiger partial charge in [0.1, 0.15) is 0 Å². The molecule has 1 aliphatic rings. The lowest BCUT2D eigenvalue weighted by atomic mass is 10.2. The van der Waals surface area contributed by atoms with Crippen LogP contribution in [0.2, 0.25) is 0 Å². The van der Waals surface area contributed by atoms with Crippen molar-refractivity contribution in [2.75, 3.05) is 49.9 Å². The Kier molecular flexibility index (Phi) is 7.83. The zero-order valence-electron chi connectivity index (χ0n) is 18.0. The van der Waals surface area contributed by atoms with E-state index in [0.29, 0.717) is 6.42 Å². The largest absolute Gasteiger partial charge is 0.355 e. The Hall–Kier alpha value is -2.09. The van der Waals surface area contributed by atoms with Crippen LogP contribution in [0.1, 0.15) is 18.9 Å². The van der Waals surface area contributed by atoms with Gasteiger partial charge in [-0.15, -0.1) is 11.8 Å². The molecule has 7 heteroatoms. The van der Waals surface area contributed by atoms with E-state index in [1.807, 2.05) is 18.2 Å². The van der Waals surface area contributed by atoms with E-state index in [4.69, 9.17) is 4.98 Å². The highest BCUT2D eigenvalue weighted by Gasteiger charge is 2.19. The molecular weight excluding hydrogens is 424 g/mol. The van der Waals surface area contributed by atoms with Crippen molar-refractivity contribution in [1.82, 2.24) is 15.2 Å². The fourth-order valence-corrected chi connectivity index (χ4v) is 5.65. The van der Waals surface area contributed by atoms with E-state index >= 15 is 0 Å². The molecule has 0 radical (unpaired) electrons. The third-order valence-corrected chi connectivity index (χ3v) is 7.68. The highest BCUT2D eigenvalue weighted by atomic mass is 32.2. The number of nitrogens with zero attached hydrogens (tertiary/aromatic N) is 3. The predicted octanol–water partition coefficient (Wildman–Crippen LogP) is 4.28. The molecule has 5 nitrogen and oxygen atoms in total. The second-order valence-electron chi connectivity index (χ2n) is 7.74. The minimum absolute atomic E-state index is 0.142. The van der Waals surface area contributed by atoms with Gasteiger partial charge in [-0.25, -0.2) is 4.98 Å². The maximum atomic E-state index is 12.1. The third kappa shape index (κ3) is 6.21. The number of aryl methyl sites for hydroxylation is 1. The molecule has 0 saturated carbocycles. The fraction of sp³-hybridized carbons (Fsp3) is 0.417. The molecule has 1 aliphatic heterocycles. The van der Waals surface area contributed by atoms with Gasteiger partial charge in [0.2, 0.25) is 5.91 Å². The van der Waals surface area contributed by atoms with Crippen LogP contribution < -0.4 is 10.2 Å². The SMILES string of the molecule is CCc1ccc2nc(N3CCN(CCNC(=O)CCSc4ccccc4)CC3)sc2c1. The van der Waals surface area contributed by atoms with Crippen molar-refractivity contribution in [2.24, 2.45) is 0 Å². The zero-order valence-corrected chi connectivity index (χ0v) is 19.7. The van der Waals surface area contributed by atoms with Gasteiger partial charge in [-0.3, -0.25) is 9.69 Å². The Balaban J connectivity index is 1.15. The molecule has 3 aromatic rings. The first-order chi connectivity index (χ1) is 15.2. The highest BCUT2D eigenvalue weighted by Crippen LogP contribution is 2.30. The van der Waals surface area contributed by atoms with Gasteiger partial charge in [-0.05, 0) is 36.2 Å². The molecule has 0 bridgehead atoms. The molecule has 0 spiro atoms. The smallest absolute Gasteiger partial charge is 0.220 e. The summed E-state index contributed by atoms with van der Waals surface area (Å²) in [6.07, 6.45) is 1.62. The number of rotatable bonds is 9. The first-order valence-corrected chi connectivity index (χ1v) is 12.8. The van der Waals surface area contributed by atoms with Gasteiger partial charge in [-0.1, -0.05) is 42.5 Å². The number of amides is 1. The van der Waals surface area contributed by atoms with E-state index in [0.717, 1.165) is 62.1 Å². The van der Waals surface area contributed by atoms with Crippen molar-refractivity contribution < 1.29 is 4.79 Å². The minimum atomic E-state index is 0.142. The number of hydrogen-bond acceptors (Lipinski definition) is 6. The molecule has 1 fully saturated rings. The van der Waals surface area contributed by atoms with Gasteiger partial charge in [-0.2, -0.15) is 0 Å². The summed E-state index contributed by atoms with van der Waals surface area (Å²) >= 11 is 3.53. The van der Waals surface area contributed by atoms with Gasteiger partial charge in [0, 0.05) is 56.3 Å². The van der Waals surface area contributed by atoms with Gasteiger partial charge < -0.3 is 10.2 Å². The van der Waals surface area contributed by atoms with Crippen molar-refractivity contribution in [3.05, 3.63) is 54.1 Å². The van der Waals surface area contributed by atoms with E-state index in [1.165, 1.54) is 15.2 Å². The number of nitrogens with one attached hydrogen (secondary N) is 1. The average molecular weight is 455 g/mol. The Labute approximate surface area is 192 Å². The number of aromatic nitrogens is 1. The number of hydrogen-bond donors (Lipinski definition) is 1. The summed E-state index contributed by atoms with van der Waals surface area (Å²) in [6, 6.07) is 16.8. The van der Waals surface area contributed by atoms with Gasteiger partial charge in [0.25, 0.3) is 0 Å². The second-order valence-corrected chi connectivity index (χ2v) is 9.92. The number of anilines is 1. The van der Waals surface area contributed by atoms with Crippen molar-refractivity contribution in [3.63, 3.8) is 0 Å². The molecule has 1 N–H and O–H groups in total. The molecule has 0 unspecified atom stereocenters. The lowest BCUT2D eigenvalue weighted by molar-refractivity contribution is -0.120. The zero-order chi connectivity index (χ0) is 21.5. The minimum Gasteiger partial charge on any atom is -0.355 e. The molecule has 1 aromatic heterocycles. The Bertz CT molecular complexity index is 984. The van der Waals surface area contributed by atoms with Crippen LogP contribution in [0.15, 0.2) is 53.4 Å². The van der Waals surface area contributed by atoms with Gasteiger partial charge in [0.05, 0.1) is 10.2 Å². The predicted molar refractivity (Wildman–Crippen MR) is 132 cm³/mol. The van der Waals surface area contributed by atoms with Gasteiger partial charge in [0.15, 0.2) is 5.13 Å². The quantitative estimate of drug-likeness (QED) is 0.489. The van der Waals surface area contributed by atoms with Crippen molar-refractivity contribution in [3.8, 4) is 0 Å². The number of carbonyl (C=O) groups is 1. The molecule has 4 rings (SSSR count). The summed E-state index contributed by atoms with van der Waals surface area (Å²) < 4.78 is 1.28. The van der Waals surface area contributed by atoms with E-state index in [-0.39, 0.29) is 5.91 Å². The number of thioether (sulfide) groups is 1. The second kappa shape index (κ2) is 11.0. The molecular formula is C24H30N4OS2. The Morgan fingerprint density at radius 3 is 2.71 bits per heavy atom. The van der Waals surface area contributed by atoms with Crippen LogP contribution in [0, 0.1) is 0 Å². The maximum absolute atomic E-state index is 12.1. The van der Waals surface area contributed by atoms with Crippen LogP contribution in [0.25, 0.3) is 10.2 Å². The van der Waals surface area contributed by atoms with Crippen LogP contribution in [-0.2, 0) is 11.2 Å². The van der Waals surface area contributed by atoms with Crippen molar-refractivity contribution in [1.29, 1.82) is 0 Å². The number of fused-ring (bicyclic) bond motifs is 1. The summed E-state index contributed by atoms with van der Waals surface area (Å²) in [5.41, 5.74) is 2.47. The summed E-state index contributed by atoms with van der Waals surface area (Å²) in [5, 5.41) is 4.20. The third-order valence-electron chi connectivity index (χ3n) is 5.58. The average Bonchev–Trinajstić information content (AvgIpc) is 3.23. The molecule has 164 valence electrons. The first-order valence-electron chi connectivity index (χ1n) is 11.0. The van der Waals surface area contributed by atoms with E-state index in [9.17, 15) is 4.79 Å². The molecule has 1 saturated heterocycles. The summed E-state index contributed by atoms with van der Waals surface area (Å²) in [4.78, 5) is 23.0. The Morgan fingerprint density at radius 1 is 1.13 bits per heavy atom. The van der Waals surface area contributed by atoms with Crippen LogP contribution in [0.3, 0.4) is 0 Å². The summed E-state index contributed by atoms with van der Waals surface area (Å²) in [7, 11) is 0. The molecule has 31 heavy (non-hydrogen) atoms. The standard InChI is InChI=1S/C24H30N4OS2/c1-2-19-8-9-21-22(18-19)31-24(26-21)28-15-13-27(14-16-28)12-11-25-23(29)10-17-30-20-6-4-3-5-7-20/h3-9,18H,2,10-17H2,1H3,(H,25,29). The topological polar surface area (TPSA) is 48.5 Å². The first kappa shape index (κ1) is 22.1. The van der Waals surface area contributed by atoms with Crippen LogP contribution >= 0.6 is 23.1 Å². The van der Waals surface area contributed by atoms with E-state index in [2.05, 4.69) is 52.4 Å². The molecule has 0 atom stereocenters. The lowest BCUT2D eigenvalue weighted by Gasteiger charge is -2.34. The van der Waals surface area contributed by atoms with Gasteiger partial charge >= 0.3 is 0 Å². The molecule has 0 aliphatic carbocycles.